The highest BCUT2D eigenvalue weighted by Crippen LogP contribution is 2.38. The van der Waals surface area contributed by atoms with Crippen LogP contribution >= 0.6 is 0 Å². The molecule has 8 heteroatoms. The summed E-state index contributed by atoms with van der Waals surface area (Å²) < 4.78 is 21.7. The number of esters is 1. The van der Waals surface area contributed by atoms with Crippen molar-refractivity contribution in [1.29, 1.82) is 5.26 Å². The van der Waals surface area contributed by atoms with Crippen molar-refractivity contribution < 1.29 is 13.9 Å². The molecule has 1 aliphatic heterocycles. The van der Waals surface area contributed by atoms with Crippen LogP contribution in [-0.4, -0.2) is 54.8 Å². The Morgan fingerprint density at radius 2 is 2.00 bits per heavy atom. The normalized spacial score (nSPS) is 17.3. The van der Waals surface area contributed by atoms with Gasteiger partial charge in [0, 0.05) is 43.8 Å². The Hall–Kier alpha value is -2.92. The molecule has 1 saturated carbocycles. The molecule has 1 saturated heterocycles. The molecule has 0 spiro atoms. The van der Waals surface area contributed by atoms with Crippen LogP contribution in [0.1, 0.15) is 36.2 Å². The van der Waals surface area contributed by atoms with Gasteiger partial charge in [0.05, 0.1) is 11.2 Å². The zero-order chi connectivity index (χ0) is 20.5. The number of nitriles is 1. The third kappa shape index (κ3) is 3.70. The van der Waals surface area contributed by atoms with Gasteiger partial charge < -0.3 is 19.1 Å². The standard InChI is InChI=1S/C21H23FN4O3/c1-2-24-6-8-25(9-7-24)19-12-18-15(11-17(19)22)20(27)16(21(28)29-10-5-23)13-26(18)14-3-4-14/h11-14H,2-4,6-10H2,1H3. The maximum absolute atomic E-state index is 15.0. The zero-order valence-corrected chi connectivity index (χ0v) is 16.4. The molecule has 1 aromatic carbocycles. The number of piperazine rings is 1. The van der Waals surface area contributed by atoms with Gasteiger partial charge >= 0.3 is 5.97 Å². The van der Waals surface area contributed by atoms with E-state index in [9.17, 15) is 14.0 Å². The molecule has 0 radical (unpaired) electrons. The minimum absolute atomic E-state index is 0.164. The van der Waals surface area contributed by atoms with Gasteiger partial charge in [-0.3, -0.25) is 4.79 Å². The molecule has 0 amide bonds. The number of rotatable bonds is 5. The number of carbonyl (C=O) groups excluding carboxylic acids is 1. The van der Waals surface area contributed by atoms with Gasteiger partial charge in [-0.05, 0) is 31.5 Å². The predicted molar refractivity (Wildman–Crippen MR) is 107 cm³/mol. The van der Waals surface area contributed by atoms with Gasteiger partial charge in [0.1, 0.15) is 17.4 Å². The second kappa shape index (κ2) is 7.84. The molecule has 4 rings (SSSR count). The van der Waals surface area contributed by atoms with E-state index in [1.165, 1.54) is 12.3 Å². The van der Waals surface area contributed by atoms with Crippen LogP contribution in [0.15, 0.2) is 23.1 Å². The maximum Gasteiger partial charge on any atom is 0.344 e. The van der Waals surface area contributed by atoms with Crippen molar-refractivity contribution in [3.05, 3.63) is 39.9 Å². The summed E-state index contributed by atoms with van der Waals surface area (Å²) in [5.74, 6) is -1.32. The second-order valence-electron chi connectivity index (χ2n) is 7.49. The lowest BCUT2D eigenvalue weighted by molar-refractivity contribution is 0.0553. The largest absolute Gasteiger partial charge is 0.447 e. The number of hydrogen-bond acceptors (Lipinski definition) is 6. The number of ether oxygens (including phenoxy) is 1. The fourth-order valence-corrected chi connectivity index (χ4v) is 3.88. The Morgan fingerprint density at radius 3 is 2.62 bits per heavy atom. The second-order valence-corrected chi connectivity index (χ2v) is 7.49. The molecule has 2 aliphatic rings. The molecule has 0 bridgehead atoms. The number of anilines is 1. The van der Waals surface area contributed by atoms with Crippen LogP contribution in [0.4, 0.5) is 10.1 Å². The molecule has 29 heavy (non-hydrogen) atoms. The average Bonchev–Trinajstić information content (AvgIpc) is 3.57. The minimum Gasteiger partial charge on any atom is -0.447 e. The van der Waals surface area contributed by atoms with Crippen LogP contribution in [0.2, 0.25) is 0 Å². The van der Waals surface area contributed by atoms with E-state index in [2.05, 4.69) is 11.8 Å². The van der Waals surface area contributed by atoms with E-state index < -0.39 is 23.8 Å². The molecule has 1 aliphatic carbocycles. The van der Waals surface area contributed by atoms with E-state index in [1.54, 1.807) is 12.1 Å². The fourth-order valence-electron chi connectivity index (χ4n) is 3.88. The zero-order valence-electron chi connectivity index (χ0n) is 16.4. The van der Waals surface area contributed by atoms with Gasteiger partial charge in [-0.1, -0.05) is 6.92 Å². The van der Waals surface area contributed by atoms with Crippen LogP contribution in [0, 0.1) is 17.1 Å². The SMILES string of the molecule is CCN1CCN(c2cc3c(cc2F)c(=O)c(C(=O)OCC#N)cn3C2CC2)CC1. The van der Waals surface area contributed by atoms with Crippen molar-refractivity contribution in [3.63, 3.8) is 0 Å². The van der Waals surface area contributed by atoms with Crippen molar-refractivity contribution in [2.24, 2.45) is 0 Å². The highest BCUT2D eigenvalue weighted by molar-refractivity contribution is 5.94. The first-order chi connectivity index (χ1) is 14.0. The summed E-state index contributed by atoms with van der Waals surface area (Å²) in [5.41, 5.74) is 0.384. The Labute approximate surface area is 167 Å². The van der Waals surface area contributed by atoms with Crippen molar-refractivity contribution in [3.8, 4) is 6.07 Å². The first kappa shape index (κ1) is 19.4. The summed E-state index contributed by atoms with van der Waals surface area (Å²) in [6, 6.07) is 4.86. The van der Waals surface area contributed by atoms with Crippen LogP contribution < -0.4 is 10.3 Å². The highest BCUT2D eigenvalue weighted by atomic mass is 19.1. The first-order valence-corrected chi connectivity index (χ1v) is 9.93. The van der Waals surface area contributed by atoms with Crippen LogP contribution in [-0.2, 0) is 4.74 Å². The highest BCUT2D eigenvalue weighted by Gasteiger charge is 2.28. The Kier molecular flexibility index (Phi) is 5.24. The number of pyridine rings is 1. The molecule has 152 valence electrons. The van der Waals surface area contributed by atoms with Crippen molar-refractivity contribution >= 4 is 22.6 Å². The van der Waals surface area contributed by atoms with Crippen LogP contribution in [0.3, 0.4) is 0 Å². The van der Waals surface area contributed by atoms with E-state index >= 15 is 0 Å². The van der Waals surface area contributed by atoms with Gasteiger partial charge in [-0.15, -0.1) is 0 Å². The third-order valence-electron chi connectivity index (χ3n) is 5.69. The molecule has 0 atom stereocenters. The van der Waals surface area contributed by atoms with Crippen LogP contribution in [0.25, 0.3) is 10.9 Å². The minimum atomic E-state index is -0.854. The Balaban J connectivity index is 1.78. The summed E-state index contributed by atoms with van der Waals surface area (Å²) >= 11 is 0. The smallest absolute Gasteiger partial charge is 0.344 e. The molecule has 1 aromatic heterocycles. The van der Waals surface area contributed by atoms with Gasteiger partial charge in [0.25, 0.3) is 0 Å². The maximum atomic E-state index is 15.0. The quantitative estimate of drug-likeness (QED) is 0.719. The molecule has 0 unspecified atom stereocenters. The summed E-state index contributed by atoms with van der Waals surface area (Å²) in [4.78, 5) is 29.4. The Morgan fingerprint density at radius 1 is 1.28 bits per heavy atom. The summed E-state index contributed by atoms with van der Waals surface area (Å²) in [6.07, 6.45) is 3.37. The molecule has 7 nitrogen and oxygen atoms in total. The van der Waals surface area contributed by atoms with Gasteiger partial charge in [-0.2, -0.15) is 5.26 Å². The topological polar surface area (TPSA) is 78.6 Å². The van der Waals surface area contributed by atoms with Crippen molar-refractivity contribution in [2.75, 3.05) is 44.2 Å². The Bertz CT molecular complexity index is 1050. The molecular weight excluding hydrogens is 375 g/mol. The molecule has 2 aromatic rings. The number of halogens is 1. The van der Waals surface area contributed by atoms with Gasteiger partial charge in [0.2, 0.25) is 5.43 Å². The third-order valence-corrected chi connectivity index (χ3v) is 5.69. The number of carbonyl (C=O) groups is 1. The molecule has 2 heterocycles. The monoisotopic (exact) mass is 398 g/mol. The van der Waals surface area contributed by atoms with Gasteiger partial charge in [0.15, 0.2) is 6.61 Å². The van der Waals surface area contributed by atoms with Crippen LogP contribution in [0.5, 0.6) is 0 Å². The summed E-state index contributed by atoms with van der Waals surface area (Å²) in [6.45, 7) is 5.84. The van der Waals surface area contributed by atoms with E-state index in [-0.39, 0.29) is 17.0 Å². The van der Waals surface area contributed by atoms with E-state index in [0.29, 0.717) is 11.2 Å². The van der Waals surface area contributed by atoms with E-state index in [0.717, 1.165) is 45.6 Å². The summed E-state index contributed by atoms with van der Waals surface area (Å²) in [7, 11) is 0. The lowest BCUT2D eigenvalue weighted by Crippen LogP contribution is -2.46. The summed E-state index contributed by atoms with van der Waals surface area (Å²) in [5, 5.41) is 8.77. The molecule has 2 fully saturated rings. The van der Waals surface area contributed by atoms with Crippen molar-refractivity contribution in [1.82, 2.24) is 9.47 Å². The molecule has 0 N–H and O–H groups in total. The number of fused-ring (bicyclic) bond motifs is 1. The van der Waals surface area contributed by atoms with Gasteiger partial charge in [-0.25, -0.2) is 9.18 Å². The number of benzene rings is 1. The van der Waals surface area contributed by atoms with E-state index in [4.69, 9.17) is 10.00 Å². The first-order valence-electron chi connectivity index (χ1n) is 9.93. The fraction of sp³-hybridized carbons (Fsp3) is 0.476. The number of likely N-dealkylation sites (N-methyl/N-ethyl adjacent to an activating group) is 1. The molecular formula is C21H23FN4O3. The predicted octanol–water partition coefficient (Wildman–Crippen LogP) is 2.30. The van der Waals surface area contributed by atoms with Crippen molar-refractivity contribution in [2.45, 2.75) is 25.8 Å². The lowest BCUT2D eigenvalue weighted by atomic mass is 10.1. The number of aromatic nitrogens is 1. The lowest BCUT2D eigenvalue weighted by Gasteiger charge is -2.35. The number of hydrogen-bond donors (Lipinski definition) is 0. The average molecular weight is 398 g/mol. The number of nitrogens with zero attached hydrogens (tertiary/aromatic N) is 4. The van der Waals surface area contributed by atoms with E-state index in [1.807, 2.05) is 9.47 Å².